The van der Waals surface area contributed by atoms with E-state index in [9.17, 15) is 13.6 Å². The summed E-state index contributed by atoms with van der Waals surface area (Å²) >= 11 is 0. The minimum atomic E-state index is -3.11. The van der Waals surface area contributed by atoms with Gasteiger partial charge in [0.25, 0.3) is 11.8 Å². The van der Waals surface area contributed by atoms with Gasteiger partial charge in [-0.2, -0.15) is 0 Å². The number of carbonyl (C=O) groups is 1. The Morgan fingerprint density at radius 3 is 2.58 bits per heavy atom. The quantitative estimate of drug-likeness (QED) is 0.790. The molecule has 1 atom stereocenters. The lowest BCUT2D eigenvalue weighted by Gasteiger charge is -2.19. The maximum atomic E-state index is 13.0. The van der Waals surface area contributed by atoms with E-state index in [0.29, 0.717) is 12.2 Å². The molecule has 0 heterocycles. The van der Waals surface area contributed by atoms with Gasteiger partial charge in [-0.3, -0.25) is 4.79 Å². The van der Waals surface area contributed by atoms with Crippen LogP contribution in [-0.2, 0) is 9.53 Å². The Kier molecular flexibility index (Phi) is 5.85. The van der Waals surface area contributed by atoms with Gasteiger partial charge in [-0.1, -0.05) is 30.3 Å². The number of halogens is 2. The Bertz CT molecular complexity index is 399. The number of rotatable bonds is 7. The van der Waals surface area contributed by atoms with E-state index in [4.69, 9.17) is 10.5 Å². The molecule has 6 heteroatoms. The third kappa shape index (κ3) is 4.92. The molecule has 1 unspecified atom stereocenters. The first-order valence-electron chi connectivity index (χ1n) is 6.02. The molecular weight excluding hydrogens is 254 g/mol. The second-order valence-electron chi connectivity index (χ2n) is 4.02. The Morgan fingerprint density at radius 1 is 1.42 bits per heavy atom. The van der Waals surface area contributed by atoms with Crippen LogP contribution in [0.15, 0.2) is 30.3 Å². The van der Waals surface area contributed by atoms with Crippen molar-refractivity contribution in [3.05, 3.63) is 35.9 Å². The first kappa shape index (κ1) is 15.5. The average Bonchev–Trinajstić information content (AvgIpc) is 2.43. The fourth-order valence-corrected chi connectivity index (χ4v) is 1.50. The van der Waals surface area contributed by atoms with Crippen LogP contribution in [0.3, 0.4) is 0 Å². The molecule has 0 aliphatic heterocycles. The molecule has 106 valence electrons. The Morgan fingerprint density at radius 2 is 2.05 bits per heavy atom. The third-order valence-electron chi connectivity index (χ3n) is 2.49. The zero-order valence-electron chi connectivity index (χ0n) is 10.7. The number of hydrogen-bond donors (Lipinski definition) is 2. The van der Waals surface area contributed by atoms with Crippen LogP contribution in [0.5, 0.6) is 0 Å². The van der Waals surface area contributed by atoms with Crippen LogP contribution in [0.2, 0.25) is 0 Å². The number of ether oxygens (including phenoxy) is 1. The van der Waals surface area contributed by atoms with Gasteiger partial charge in [-0.05, 0) is 12.5 Å². The Labute approximate surface area is 110 Å². The van der Waals surface area contributed by atoms with Crippen molar-refractivity contribution in [1.82, 2.24) is 5.32 Å². The van der Waals surface area contributed by atoms with Crippen LogP contribution in [0.25, 0.3) is 0 Å². The summed E-state index contributed by atoms with van der Waals surface area (Å²) in [5, 5.41) is 2.16. The SMILES string of the molecule is CCOC(C(=O)NCC(F)(F)CN)c1ccccc1. The fraction of sp³-hybridized carbons (Fsp3) is 0.462. The summed E-state index contributed by atoms with van der Waals surface area (Å²) in [6.07, 6.45) is -0.889. The van der Waals surface area contributed by atoms with Gasteiger partial charge >= 0.3 is 0 Å². The van der Waals surface area contributed by atoms with E-state index in [-0.39, 0.29) is 0 Å². The summed E-state index contributed by atoms with van der Waals surface area (Å²) in [7, 11) is 0. The first-order chi connectivity index (χ1) is 9.00. The second-order valence-corrected chi connectivity index (χ2v) is 4.02. The highest BCUT2D eigenvalue weighted by atomic mass is 19.3. The van der Waals surface area contributed by atoms with Crippen LogP contribution in [0, 0.1) is 0 Å². The van der Waals surface area contributed by atoms with Crippen molar-refractivity contribution in [3.8, 4) is 0 Å². The minimum absolute atomic E-state index is 0.306. The highest BCUT2D eigenvalue weighted by Gasteiger charge is 2.29. The zero-order chi connectivity index (χ0) is 14.3. The van der Waals surface area contributed by atoms with Gasteiger partial charge in [0.1, 0.15) is 0 Å². The van der Waals surface area contributed by atoms with Crippen molar-refractivity contribution in [2.24, 2.45) is 5.73 Å². The van der Waals surface area contributed by atoms with Crippen LogP contribution >= 0.6 is 0 Å². The van der Waals surface area contributed by atoms with Gasteiger partial charge in [-0.25, -0.2) is 8.78 Å². The zero-order valence-corrected chi connectivity index (χ0v) is 10.7. The molecule has 1 aromatic rings. The van der Waals surface area contributed by atoms with Gasteiger partial charge in [-0.15, -0.1) is 0 Å². The summed E-state index contributed by atoms with van der Waals surface area (Å²) in [6.45, 7) is 0.439. The summed E-state index contributed by atoms with van der Waals surface area (Å²) in [6, 6.07) is 8.72. The topological polar surface area (TPSA) is 64.3 Å². The molecule has 1 amide bonds. The lowest BCUT2D eigenvalue weighted by Crippen LogP contribution is -2.43. The van der Waals surface area contributed by atoms with Crippen LogP contribution < -0.4 is 11.1 Å². The van der Waals surface area contributed by atoms with Gasteiger partial charge in [0.2, 0.25) is 0 Å². The van der Waals surface area contributed by atoms with Crippen molar-refractivity contribution in [2.75, 3.05) is 19.7 Å². The van der Waals surface area contributed by atoms with Gasteiger partial charge in [0.15, 0.2) is 6.10 Å². The number of amides is 1. The molecule has 0 aromatic heterocycles. The van der Waals surface area contributed by atoms with E-state index in [1.807, 2.05) is 0 Å². The molecule has 3 N–H and O–H groups in total. The molecule has 1 rings (SSSR count). The molecule has 0 saturated carbocycles. The maximum Gasteiger partial charge on any atom is 0.277 e. The normalized spacial score (nSPS) is 13.1. The smallest absolute Gasteiger partial charge is 0.277 e. The van der Waals surface area contributed by atoms with E-state index in [1.165, 1.54) is 0 Å². The van der Waals surface area contributed by atoms with Gasteiger partial charge in [0, 0.05) is 6.61 Å². The van der Waals surface area contributed by atoms with E-state index < -0.39 is 31.0 Å². The third-order valence-corrected chi connectivity index (χ3v) is 2.49. The molecule has 19 heavy (non-hydrogen) atoms. The van der Waals surface area contributed by atoms with Crippen molar-refractivity contribution in [2.45, 2.75) is 19.0 Å². The molecule has 0 radical (unpaired) electrons. The molecule has 0 aliphatic rings. The predicted molar refractivity (Wildman–Crippen MR) is 67.8 cm³/mol. The predicted octanol–water partition coefficient (Wildman–Crippen LogP) is 1.47. The summed E-state index contributed by atoms with van der Waals surface area (Å²) in [5.41, 5.74) is 5.53. The first-order valence-corrected chi connectivity index (χ1v) is 6.02. The fourth-order valence-electron chi connectivity index (χ4n) is 1.50. The molecule has 0 aliphatic carbocycles. The summed E-state index contributed by atoms with van der Waals surface area (Å²) in [5.74, 6) is -3.70. The van der Waals surface area contributed by atoms with Gasteiger partial charge < -0.3 is 15.8 Å². The molecule has 1 aromatic carbocycles. The molecule has 0 saturated heterocycles. The van der Waals surface area contributed by atoms with E-state index >= 15 is 0 Å². The van der Waals surface area contributed by atoms with Crippen molar-refractivity contribution in [3.63, 3.8) is 0 Å². The van der Waals surface area contributed by atoms with Crippen molar-refractivity contribution < 1.29 is 18.3 Å². The van der Waals surface area contributed by atoms with Crippen LogP contribution in [0.1, 0.15) is 18.6 Å². The molecule has 0 bridgehead atoms. The van der Waals surface area contributed by atoms with Crippen LogP contribution in [0.4, 0.5) is 8.78 Å². The Hall–Kier alpha value is -1.53. The molecule has 0 fully saturated rings. The van der Waals surface area contributed by atoms with Crippen molar-refractivity contribution >= 4 is 5.91 Å². The second kappa shape index (κ2) is 7.16. The largest absolute Gasteiger partial charge is 0.364 e. The number of carbonyl (C=O) groups excluding carboxylic acids is 1. The molecular formula is C13H18F2N2O2. The summed E-state index contributed by atoms with van der Waals surface area (Å²) in [4.78, 5) is 11.9. The van der Waals surface area contributed by atoms with Gasteiger partial charge in [0.05, 0.1) is 13.1 Å². The standard InChI is InChI=1S/C13H18F2N2O2/c1-2-19-11(10-6-4-3-5-7-10)12(18)17-9-13(14,15)8-16/h3-7,11H,2,8-9,16H2,1H3,(H,17,18). The maximum absolute atomic E-state index is 13.0. The number of hydrogen-bond acceptors (Lipinski definition) is 3. The number of nitrogens with two attached hydrogens (primary N) is 1. The van der Waals surface area contributed by atoms with Crippen molar-refractivity contribution in [1.29, 1.82) is 0 Å². The van der Waals surface area contributed by atoms with Crippen LogP contribution in [-0.4, -0.2) is 31.5 Å². The monoisotopic (exact) mass is 272 g/mol. The molecule has 4 nitrogen and oxygen atoms in total. The van der Waals surface area contributed by atoms with E-state index in [0.717, 1.165) is 0 Å². The summed E-state index contributed by atoms with van der Waals surface area (Å²) < 4.78 is 31.3. The lowest BCUT2D eigenvalue weighted by atomic mass is 10.1. The number of benzene rings is 1. The number of nitrogens with one attached hydrogen (secondary N) is 1. The highest BCUT2D eigenvalue weighted by molar-refractivity contribution is 5.82. The number of alkyl halides is 2. The highest BCUT2D eigenvalue weighted by Crippen LogP contribution is 2.18. The molecule has 0 spiro atoms. The average molecular weight is 272 g/mol. The van der Waals surface area contributed by atoms with E-state index in [1.54, 1.807) is 37.3 Å². The Balaban J connectivity index is 2.69. The lowest BCUT2D eigenvalue weighted by molar-refractivity contribution is -0.134. The van der Waals surface area contributed by atoms with E-state index in [2.05, 4.69) is 5.32 Å². The minimum Gasteiger partial charge on any atom is -0.364 e.